The number of hydrogen-bond donors (Lipinski definition) is 4. The number of aliphatic carboxylic acids is 1. The first kappa shape index (κ1) is 21.7. The molecule has 31 heavy (non-hydrogen) atoms. The molecule has 1 heterocycles. The van der Waals surface area contributed by atoms with E-state index in [1.807, 2.05) is 6.07 Å². The summed E-state index contributed by atoms with van der Waals surface area (Å²) in [5, 5.41) is 28.7. The summed E-state index contributed by atoms with van der Waals surface area (Å²) >= 11 is 0. The van der Waals surface area contributed by atoms with E-state index >= 15 is 0 Å². The number of rotatable bonds is 2. The lowest BCUT2D eigenvalue weighted by Gasteiger charge is -2.39. The number of carbonyl (C=O) groups is 1. The molecule has 1 aliphatic heterocycles. The minimum absolute atomic E-state index is 0.0163. The molecule has 0 bridgehead atoms. The van der Waals surface area contributed by atoms with Crippen LogP contribution in [0.5, 0.6) is 11.5 Å². The molecule has 6 nitrogen and oxygen atoms in total. The lowest BCUT2D eigenvalue weighted by Crippen LogP contribution is -2.35. The first-order valence-corrected chi connectivity index (χ1v) is 11.2. The van der Waals surface area contributed by atoms with E-state index in [-0.39, 0.29) is 17.4 Å². The zero-order valence-corrected chi connectivity index (χ0v) is 18.1. The van der Waals surface area contributed by atoms with Crippen molar-refractivity contribution in [3.63, 3.8) is 0 Å². The van der Waals surface area contributed by atoms with Crippen LogP contribution in [0.1, 0.15) is 48.4 Å². The summed E-state index contributed by atoms with van der Waals surface area (Å²) in [7, 11) is 2.16. The van der Waals surface area contributed by atoms with Crippen molar-refractivity contribution in [3.05, 3.63) is 47.0 Å². The Bertz CT molecular complexity index is 966. The normalized spacial score (nSPS) is 24.4. The number of carboxylic acids is 1. The fraction of sp³-hybridized carbons (Fsp3) is 0.480. The highest BCUT2D eigenvalue weighted by Gasteiger charge is 2.34. The number of carboxylic acid groups (broad SMARTS) is 1. The lowest BCUT2D eigenvalue weighted by molar-refractivity contribution is -0.143. The van der Waals surface area contributed by atoms with Gasteiger partial charge in [0, 0.05) is 18.2 Å². The van der Waals surface area contributed by atoms with Gasteiger partial charge in [0.15, 0.2) is 11.5 Å². The van der Waals surface area contributed by atoms with E-state index in [0.29, 0.717) is 18.5 Å². The van der Waals surface area contributed by atoms with Gasteiger partial charge in [-0.25, -0.2) is 0 Å². The van der Waals surface area contributed by atoms with E-state index in [9.17, 15) is 15.0 Å². The van der Waals surface area contributed by atoms with Crippen molar-refractivity contribution >= 4 is 5.97 Å². The predicted octanol–water partition coefficient (Wildman–Crippen LogP) is 3.69. The number of phenolic OH excluding ortho intramolecular Hbond substituents is 2. The van der Waals surface area contributed by atoms with Gasteiger partial charge in [-0.1, -0.05) is 24.3 Å². The fourth-order valence-corrected chi connectivity index (χ4v) is 5.32. The molecule has 0 spiro atoms. The van der Waals surface area contributed by atoms with E-state index in [4.69, 9.17) is 10.8 Å². The molecule has 166 valence electrons. The van der Waals surface area contributed by atoms with Gasteiger partial charge in [0.1, 0.15) is 0 Å². The third kappa shape index (κ3) is 4.14. The maximum atomic E-state index is 10.5. The van der Waals surface area contributed by atoms with Crippen LogP contribution in [0.2, 0.25) is 0 Å². The monoisotopic (exact) mass is 424 g/mol. The first-order chi connectivity index (χ1) is 14.9. The van der Waals surface area contributed by atoms with Crippen LogP contribution in [0.3, 0.4) is 0 Å². The van der Waals surface area contributed by atoms with E-state index in [0.717, 1.165) is 61.8 Å². The fourth-order valence-electron chi connectivity index (χ4n) is 5.32. The Morgan fingerprint density at radius 2 is 1.84 bits per heavy atom. The number of phenols is 2. The molecule has 2 aliphatic carbocycles. The molecule has 6 heteroatoms. The van der Waals surface area contributed by atoms with Crippen LogP contribution >= 0.6 is 0 Å². The van der Waals surface area contributed by atoms with E-state index < -0.39 is 5.97 Å². The van der Waals surface area contributed by atoms with Gasteiger partial charge in [-0.2, -0.15) is 0 Å². The topological polar surface area (TPSA) is 107 Å². The number of aromatic hydroxyl groups is 2. The molecule has 5 N–H and O–H groups in total. The largest absolute Gasteiger partial charge is 0.504 e. The Balaban J connectivity index is 0.000000180. The van der Waals surface area contributed by atoms with Crippen molar-refractivity contribution in [2.24, 2.45) is 17.6 Å². The quantitative estimate of drug-likeness (QED) is 0.548. The van der Waals surface area contributed by atoms with Gasteiger partial charge < -0.3 is 21.1 Å². The SMILES string of the molecule is CN1CCc2cccc3c2[C@H]1Cc1ccc(O)c(O)c1-3.NCC1CCC(C(=O)O)CC1. The maximum Gasteiger partial charge on any atom is 0.306 e. The highest BCUT2D eigenvalue weighted by Crippen LogP contribution is 2.49. The maximum absolute atomic E-state index is 10.5. The summed E-state index contributed by atoms with van der Waals surface area (Å²) in [6.45, 7) is 1.78. The molecule has 3 aliphatic rings. The summed E-state index contributed by atoms with van der Waals surface area (Å²) in [5.41, 5.74) is 11.2. The molecule has 5 rings (SSSR count). The Morgan fingerprint density at radius 3 is 2.52 bits per heavy atom. The average molecular weight is 425 g/mol. The minimum atomic E-state index is -0.638. The van der Waals surface area contributed by atoms with Crippen LogP contribution in [0, 0.1) is 11.8 Å². The van der Waals surface area contributed by atoms with Gasteiger partial charge in [-0.3, -0.25) is 9.69 Å². The van der Waals surface area contributed by atoms with Crippen molar-refractivity contribution < 1.29 is 20.1 Å². The number of benzene rings is 2. The molecule has 0 aromatic heterocycles. The van der Waals surface area contributed by atoms with Gasteiger partial charge in [0.05, 0.1) is 5.92 Å². The highest BCUT2D eigenvalue weighted by atomic mass is 16.4. The Kier molecular flexibility index (Phi) is 6.21. The second-order valence-corrected chi connectivity index (χ2v) is 9.09. The van der Waals surface area contributed by atoms with Gasteiger partial charge in [0.25, 0.3) is 0 Å². The van der Waals surface area contributed by atoms with Gasteiger partial charge >= 0.3 is 5.97 Å². The molecule has 0 radical (unpaired) electrons. The van der Waals surface area contributed by atoms with Crippen molar-refractivity contribution in [1.29, 1.82) is 0 Å². The zero-order chi connectivity index (χ0) is 22.1. The molecule has 1 atom stereocenters. The highest BCUT2D eigenvalue weighted by molar-refractivity contribution is 5.82. The van der Waals surface area contributed by atoms with Crippen molar-refractivity contribution in [2.45, 2.75) is 44.6 Å². The van der Waals surface area contributed by atoms with Crippen molar-refractivity contribution in [3.8, 4) is 22.6 Å². The van der Waals surface area contributed by atoms with Gasteiger partial charge in [-0.15, -0.1) is 0 Å². The molecule has 0 unspecified atom stereocenters. The average Bonchev–Trinajstić information content (AvgIpc) is 2.79. The van der Waals surface area contributed by atoms with Crippen molar-refractivity contribution in [1.82, 2.24) is 4.90 Å². The van der Waals surface area contributed by atoms with E-state index in [1.54, 1.807) is 6.07 Å². The Labute approximate surface area is 183 Å². The summed E-state index contributed by atoms with van der Waals surface area (Å²) in [5.74, 6) is -0.185. The van der Waals surface area contributed by atoms with Crippen LogP contribution in [-0.2, 0) is 17.6 Å². The molecule has 2 aromatic carbocycles. The Morgan fingerprint density at radius 1 is 1.10 bits per heavy atom. The lowest BCUT2D eigenvalue weighted by atomic mass is 9.77. The predicted molar refractivity (Wildman–Crippen MR) is 120 cm³/mol. The minimum Gasteiger partial charge on any atom is -0.504 e. The van der Waals surface area contributed by atoms with Gasteiger partial charge in [-0.05, 0) is 86.4 Å². The van der Waals surface area contributed by atoms with E-state index in [2.05, 4.69) is 30.1 Å². The number of hydrogen-bond acceptors (Lipinski definition) is 5. The van der Waals surface area contributed by atoms with Gasteiger partial charge in [0.2, 0.25) is 0 Å². The molecule has 2 aromatic rings. The number of fused-ring (bicyclic) bond motifs is 2. The number of nitrogens with zero attached hydrogens (tertiary/aromatic N) is 1. The van der Waals surface area contributed by atoms with Crippen molar-refractivity contribution in [2.75, 3.05) is 20.1 Å². The number of likely N-dealkylation sites (N-methyl/N-ethyl adjacent to an activating group) is 1. The van der Waals surface area contributed by atoms with Crippen LogP contribution in [-0.4, -0.2) is 46.3 Å². The first-order valence-electron chi connectivity index (χ1n) is 11.2. The third-order valence-electron chi connectivity index (χ3n) is 7.25. The molecular formula is C25H32N2O4. The van der Waals surface area contributed by atoms with Crippen LogP contribution in [0.25, 0.3) is 11.1 Å². The van der Waals surface area contributed by atoms with Crippen LogP contribution in [0.15, 0.2) is 30.3 Å². The van der Waals surface area contributed by atoms with Crippen LogP contribution in [0.4, 0.5) is 0 Å². The molecule has 1 fully saturated rings. The summed E-state index contributed by atoms with van der Waals surface area (Å²) in [6.07, 6.45) is 5.56. The molecular weight excluding hydrogens is 392 g/mol. The zero-order valence-electron chi connectivity index (χ0n) is 18.1. The molecule has 0 saturated heterocycles. The summed E-state index contributed by atoms with van der Waals surface area (Å²) in [4.78, 5) is 12.9. The summed E-state index contributed by atoms with van der Waals surface area (Å²) in [6, 6.07) is 10.2. The Hall–Kier alpha value is -2.57. The smallest absolute Gasteiger partial charge is 0.306 e. The second-order valence-electron chi connectivity index (χ2n) is 9.09. The summed E-state index contributed by atoms with van der Waals surface area (Å²) < 4.78 is 0. The second kappa shape index (κ2) is 8.89. The number of nitrogens with two attached hydrogens (primary N) is 1. The van der Waals surface area contributed by atoms with E-state index in [1.165, 1.54) is 11.1 Å². The molecule has 1 saturated carbocycles. The standard InChI is InChI=1S/C17H17NO2.C8H15NO2/c1-18-8-7-10-3-2-4-12-15(10)13(18)9-11-5-6-14(19)17(20)16(11)12;9-5-6-1-3-7(4-2-6)8(10)11/h2-6,13,19-20H,7-9H2,1H3;6-7H,1-5,9H2,(H,10,11)/t13-;/m1./s1. The van der Waals surface area contributed by atoms with Crippen LogP contribution < -0.4 is 5.73 Å². The molecule has 0 amide bonds. The third-order valence-corrected chi connectivity index (χ3v) is 7.25.